The maximum absolute atomic E-state index is 14.3. The highest BCUT2D eigenvalue weighted by Crippen LogP contribution is 2.50. The zero-order valence-corrected chi connectivity index (χ0v) is 22.6. The summed E-state index contributed by atoms with van der Waals surface area (Å²) in [7, 11) is 1.51. The number of carbonyl (C=O) groups excluding carboxylic acids is 3. The van der Waals surface area contributed by atoms with Crippen molar-refractivity contribution in [1.82, 2.24) is 5.32 Å². The number of esters is 2. The lowest BCUT2D eigenvalue weighted by Crippen LogP contribution is -2.43. The Labute approximate surface area is 230 Å². The summed E-state index contributed by atoms with van der Waals surface area (Å²) in [4.78, 5) is 40.7. The molecule has 1 aliphatic heterocycles. The van der Waals surface area contributed by atoms with E-state index in [2.05, 4.69) is 5.32 Å². The van der Waals surface area contributed by atoms with Crippen LogP contribution in [0.2, 0.25) is 0 Å². The molecule has 0 saturated heterocycles. The maximum atomic E-state index is 14.3. The Kier molecular flexibility index (Phi) is 8.37. The number of rotatable bonds is 7. The van der Waals surface area contributed by atoms with Crippen LogP contribution in [-0.4, -0.2) is 38.0 Å². The highest BCUT2D eigenvalue weighted by molar-refractivity contribution is 6.13. The number of ketones is 1. The van der Waals surface area contributed by atoms with Crippen molar-refractivity contribution >= 4 is 17.7 Å². The van der Waals surface area contributed by atoms with Gasteiger partial charge in [0.25, 0.3) is 0 Å². The number of dihydropyridines is 1. The zero-order chi connectivity index (χ0) is 29.2. The summed E-state index contributed by atoms with van der Waals surface area (Å²) in [6.07, 6.45) is -4.64. The Balaban J connectivity index is 1.95. The van der Waals surface area contributed by atoms with E-state index in [1.807, 2.05) is 0 Å². The van der Waals surface area contributed by atoms with Crippen molar-refractivity contribution in [2.75, 3.05) is 20.3 Å². The van der Waals surface area contributed by atoms with Gasteiger partial charge in [-0.15, -0.1) is 0 Å². The van der Waals surface area contributed by atoms with Crippen LogP contribution in [0.4, 0.5) is 13.2 Å². The third kappa shape index (κ3) is 5.35. The number of allylic oxidation sites excluding steroid dienone is 3. The van der Waals surface area contributed by atoms with Crippen LogP contribution in [0, 0.1) is 5.92 Å². The minimum Gasteiger partial charge on any atom is -0.497 e. The molecular formula is C30H30F3NO6. The molecule has 1 heterocycles. The second kappa shape index (κ2) is 11.6. The van der Waals surface area contributed by atoms with Crippen LogP contribution < -0.4 is 10.1 Å². The summed E-state index contributed by atoms with van der Waals surface area (Å²) in [5.41, 5.74) is -0.171. The molecule has 10 heteroatoms. The Hall–Kier alpha value is -4.08. The molecule has 2 aromatic carbocycles. The molecule has 0 bridgehead atoms. The summed E-state index contributed by atoms with van der Waals surface area (Å²) >= 11 is 0. The van der Waals surface area contributed by atoms with Gasteiger partial charge in [-0.1, -0.05) is 30.3 Å². The molecule has 2 aliphatic rings. The van der Waals surface area contributed by atoms with Crippen molar-refractivity contribution in [2.45, 2.75) is 45.2 Å². The van der Waals surface area contributed by atoms with Gasteiger partial charge in [-0.25, -0.2) is 4.79 Å². The molecule has 1 N–H and O–H groups in total. The normalized spacial score (nSPS) is 21.0. The molecule has 212 valence electrons. The molecule has 0 fully saturated rings. The number of benzene rings is 2. The van der Waals surface area contributed by atoms with Crippen molar-refractivity contribution in [3.63, 3.8) is 0 Å². The lowest BCUT2D eigenvalue weighted by atomic mass is 9.66. The predicted molar refractivity (Wildman–Crippen MR) is 139 cm³/mol. The number of nitrogens with one attached hydrogen (secondary N) is 1. The monoisotopic (exact) mass is 557 g/mol. The van der Waals surface area contributed by atoms with Gasteiger partial charge in [0, 0.05) is 28.8 Å². The summed E-state index contributed by atoms with van der Waals surface area (Å²) in [6.45, 7) is 4.73. The average molecular weight is 558 g/mol. The molecule has 4 rings (SSSR count). The van der Waals surface area contributed by atoms with Crippen LogP contribution in [0.1, 0.15) is 55.7 Å². The van der Waals surface area contributed by atoms with Crippen LogP contribution >= 0.6 is 0 Å². The smallest absolute Gasteiger partial charge is 0.416 e. The number of hydrogen-bond acceptors (Lipinski definition) is 7. The van der Waals surface area contributed by atoms with Crippen LogP contribution in [0.3, 0.4) is 0 Å². The minimum absolute atomic E-state index is 0.00945. The maximum Gasteiger partial charge on any atom is 0.416 e. The van der Waals surface area contributed by atoms with Crippen molar-refractivity contribution in [3.8, 4) is 5.75 Å². The molecule has 3 unspecified atom stereocenters. The summed E-state index contributed by atoms with van der Waals surface area (Å²) in [5.74, 6) is -5.17. The van der Waals surface area contributed by atoms with Gasteiger partial charge in [-0.3, -0.25) is 9.59 Å². The molecule has 0 radical (unpaired) electrons. The van der Waals surface area contributed by atoms with E-state index >= 15 is 0 Å². The Morgan fingerprint density at radius 3 is 2.25 bits per heavy atom. The van der Waals surface area contributed by atoms with Crippen LogP contribution in [0.25, 0.3) is 0 Å². The lowest BCUT2D eigenvalue weighted by molar-refractivity contribution is -0.152. The van der Waals surface area contributed by atoms with E-state index < -0.39 is 47.2 Å². The summed E-state index contributed by atoms with van der Waals surface area (Å²) in [6, 6.07) is 11.7. The van der Waals surface area contributed by atoms with Crippen LogP contribution in [-0.2, 0) is 30.0 Å². The number of alkyl halides is 3. The first-order valence-electron chi connectivity index (χ1n) is 12.9. The van der Waals surface area contributed by atoms with Gasteiger partial charge in [0.05, 0.1) is 31.5 Å². The highest BCUT2D eigenvalue weighted by Gasteiger charge is 2.50. The second-order valence-electron chi connectivity index (χ2n) is 9.47. The van der Waals surface area contributed by atoms with Crippen molar-refractivity contribution in [1.29, 1.82) is 0 Å². The molecule has 7 nitrogen and oxygen atoms in total. The minimum atomic E-state index is -4.76. The highest BCUT2D eigenvalue weighted by atomic mass is 19.4. The van der Waals surface area contributed by atoms with E-state index in [1.54, 1.807) is 45.0 Å². The number of ether oxygens (including phenoxy) is 3. The standard InChI is InChI=1S/C30H30F3NO6/c1-5-39-28(36)23-16(3)34-22-15-20(17-11-13-18(38-4)14-12-17)25(29(37)40-6-2)27(35)26(22)24(23)19-9-7-8-10-21(19)30(31,32)33/h7-14,20,24-25,34H,5-6,15H2,1-4H3. The first kappa shape index (κ1) is 28.9. The number of methoxy groups -OCH3 is 1. The molecule has 3 atom stereocenters. The molecule has 0 saturated carbocycles. The summed E-state index contributed by atoms with van der Waals surface area (Å²) < 4.78 is 58.4. The fourth-order valence-corrected chi connectivity index (χ4v) is 5.50. The first-order chi connectivity index (χ1) is 19.0. The van der Waals surface area contributed by atoms with Gasteiger partial charge in [0.2, 0.25) is 0 Å². The Bertz CT molecular complexity index is 1380. The fourth-order valence-electron chi connectivity index (χ4n) is 5.50. The van der Waals surface area contributed by atoms with Gasteiger partial charge in [0.15, 0.2) is 5.78 Å². The number of Topliss-reactive ketones (excluding diaryl/α,β-unsaturated/α-hetero) is 1. The molecule has 0 aromatic heterocycles. The van der Waals surface area contributed by atoms with Gasteiger partial charge in [-0.2, -0.15) is 13.2 Å². The largest absolute Gasteiger partial charge is 0.497 e. The van der Waals surface area contributed by atoms with Gasteiger partial charge >= 0.3 is 18.1 Å². The van der Waals surface area contributed by atoms with E-state index in [0.29, 0.717) is 17.0 Å². The molecular weight excluding hydrogens is 527 g/mol. The van der Waals surface area contributed by atoms with E-state index in [1.165, 1.54) is 25.3 Å². The first-order valence-corrected chi connectivity index (χ1v) is 12.9. The van der Waals surface area contributed by atoms with Crippen molar-refractivity contribution < 1.29 is 41.8 Å². The van der Waals surface area contributed by atoms with Gasteiger partial charge in [0.1, 0.15) is 11.7 Å². The van der Waals surface area contributed by atoms with Gasteiger partial charge < -0.3 is 19.5 Å². The quantitative estimate of drug-likeness (QED) is 0.359. The number of halogens is 3. The molecule has 1 aliphatic carbocycles. The van der Waals surface area contributed by atoms with Crippen molar-refractivity contribution in [3.05, 3.63) is 87.8 Å². The second-order valence-corrected chi connectivity index (χ2v) is 9.47. The van der Waals surface area contributed by atoms with Crippen LogP contribution in [0.5, 0.6) is 5.75 Å². The topological polar surface area (TPSA) is 90.9 Å². The van der Waals surface area contributed by atoms with Gasteiger partial charge in [-0.05, 0) is 56.5 Å². The molecule has 0 spiro atoms. The lowest BCUT2D eigenvalue weighted by Gasteiger charge is -2.40. The molecule has 2 aromatic rings. The zero-order valence-electron chi connectivity index (χ0n) is 22.6. The van der Waals surface area contributed by atoms with E-state index in [-0.39, 0.29) is 42.0 Å². The predicted octanol–water partition coefficient (Wildman–Crippen LogP) is 5.43. The van der Waals surface area contributed by atoms with E-state index in [4.69, 9.17) is 14.2 Å². The number of hydrogen-bond donors (Lipinski definition) is 1. The third-order valence-electron chi connectivity index (χ3n) is 7.18. The molecule has 40 heavy (non-hydrogen) atoms. The third-order valence-corrected chi connectivity index (χ3v) is 7.18. The fraction of sp³-hybridized carbons (Fsp3) is 0.367. The SMILES string of the molecule is CCOC(=O)C1=C(C)NC2=C(C(=O)C(C(=O)OCC)C(c3ccc(OC)cc3)C2)C1c1ccccc1C(F)(F)F. The van der Waals surface area contributed by atoms with E-state index in [9.17, 15) is 27.6 Å². The Morgan fingerprint density at radius 1 is 1.00 bits per heavy atom. The number of carbonyl (C=O) groups is 3. The van der Waals surface area contributed by atoms with E-state index in [0.717, 1.165) is 6.07 Å². The van der Waals surface area contributed by atoms with Crippen LogP contribution in [0.15, 0.2) is 71.1 Å². The van der Waals surface area contributed by atoms with Crippen molar-refractivity contribution in [2.24, 2.45) is 5.92 Å². The Morgan fingerprint density at radius 2 is 1.65 bits per heavy atom. The molecule has 0 amide bonds. The average Bonchev–Trinajstić information content (AvgIpc) is 2.92. The summed E-state index contributed by atoms with van der Waals surface area (Å²) in [5, 5.41) is 3.09.